The first-order chi connectivity index (χ1) is 7.72. The highest BCUT2D eigenvalue weighted by Gasteiger charge is 2.19. The van der Waals surface area contributed by atoms with Gasteiger partial charge in [0, 0.05) is 0 Å². The maximum atomic E-state index is 11.9. The molecule has 16 heavy (non-hydrogen) atoms. The summed E-state index contributed by atoms with van der Waals surface area (Å²) < 4.78 is 4.97. The van der Waals surface area contributed by atoms with Crippen LogP contribution < -0.4 is 5.32 Å². The van der Waals surface area contributed by atoms with E-state index in [1.165, 1.54) is 6.33 Å². The van der Waals surface area contributed by atoms with Gasteiger partial charge in [-0.15, -0.1) is 0 Å². The second-order valence-electron chi connectivity index (χ2n) is 3.20. The fourth-order valence-electron chi connectivity index (χ4n) is 1.39. The molecule has 2 N–H and O–H groups in total. The summed E-state index contributed by atoms with van der Waals surface area (Å²) in [4.78, 5) is 15.7. The van der Waals surface area contributed by atoms with Crippen molar-refractivity contribution < 1.29 is 9.32 Å². The molecule has 2 rings (SSSR count). The first kappa shape index (κ1) is 10.3. The van der Waals surface area contributed by atoms with Gasteiger partial charge in [-0.2, -0.15) is 10.1 Å². The van der Waals surface area contributed by atoms with Gasteiger partial charge in [0.05, 0.1) is 5.69 Å². The molecule has 2 aromatic heterocycles. The summed E-state index contributed by atoms with van der Waals surface area (Å²) in [6.45, 7) is 3.60. The average Bonchev–Trinajstić information content (AvgIpc) is 2.87. The largest absolute Gasteiger partial charge is 0.361 e. The molecule has 0 unspecified atom stereocenters. The molecular weight excluding hydrogens is 210 g/mol. The van der Waals surface area contributed by atoms with E-state index in [0.717, 1.165) is 0 Å². The smallest absolute Gasteiger partial charge is 0.263 e. The number of aromatic amines is 1. The SMILES string of the molecule is CCc1noc(C)c1C(=O)Nc1ncn[nH]1. The standard InChI is InChI=1S/C9H11N5O2/c1-3-6-7(5(2)16-14-6)8(15)12-9-10-4-11-13-9/h4H,3H2,1-2H3,(H2,10,11,12,13,15). The molecule has 7 heteroatoms. The normalized spacial score (nSPS) is 10.4. The lowest BCUT2D eigenvalue weighted by Gasteiger charge is -2.00. The Morgan fingerprint density at radius 3 is 3.06 bits per heavy atom. The summed E-state index contributed by atoms with van der Waals surface area (Å²) in [5.74, 6) is 0.494. The Labute approximate surface area is 91.2 Å². The van der Waals surface area contributed by atoms with Gasteiger partial charge in [0.2, 0.25) is 5.95 Å². The molecule has 0 bridgehead atoms. The molecule has 0 atom stereocenters. The van der Waals surface area contributed by atoms with Crippen molar-refractivity contribution in [3.05, 3.63) is 23.3 Å². The van der Waals surface area contributed by atoms with Crippen LogP contribution in [0, 0.1) is 6.92 Å². The third-order valence-electron chi connectivity index (χ3n) is 2.14. The topological polar surface area (TPSA) is 96.7 Å². The van der Waals surface area contributed by atoms with Crippen molar-refractivity contribution in [1.82, 2.24) is 20.3 Å². The molecule has 0 aromatic carbocycles. The lowest BCUT2D eigenvalue weighted by molar-refractivity contribution is 0.102. The Balaban J connectivity index is 2.23. The van der Waals surface area contributed by atoms with E-state index in [0.29, 0.717) is 29.4 Å². The summed E-state index contributed by atoms with van der Waals surface area (Å²) in [6.07, 6.45) is 1.95. The van der Waals surface area contributed by atoms with Crippen LogP contribution in [0.4, 0.5) is 5.95 Å². The van der Waals surface area contributed by atoms with Crippen LogP contribution in [0.15, 0.2) is 10.9 Å². The van der Waals surface area contributed by atoms with Crippen molar-refractivity contribution in [2.24, 2.45) is 0 Å². The van der Waals surface area contributed by atoms with Crippen molar-refractivity contribution in [2.75, 3.05) is 5.32 Å². The van der Waals surface area contributed by atoms with Gasteiger partial charge in [-0.05, 0) is 13.3 Å². The molecule has 0 saturated heterocycles. The quantitative estimate of drug-likeness (QED) is 0.803. The van der Waals surface area contributed by atoms with Gasteiger partial charge in [0.25, 0.3) is 5.91 Å². The molecular formula is C9H11N5O2. The van der Waals surface area contributed by atoms with Crippen LogP contribution in [0.1, 0.15) is 28.7 Å². The van der Waals surface area contributed by atoms with Gasteiger partial charge in [0.15, 0.2) is 0 Å². The highest BCUT2D eigenvalue weighted by Crippen LogP contribution is 2.15. The monoisotopic (exact) mass is 221 g/mol. The molecule has 0 radical (unpaired) electrons. The summed E-state index contributed by atoms with van der Waals surface area (Å²) in [5, 5.41) is 12.5. The predicted octanol–water partition coefficient (Wildman–Crippen LogP) is 0.916. The highest BCUT2D eigenvalue weighted by atomic mass is 16.5. The third-order valence-corrected chi connectivity index (χ3v) is 2.14. The molecule has 84 valence electrons. The number of carbonyl (C=O) groups is 1. The Morgan fingerprint density at radius 1 is 1.62 bits per heavy atom. The molecule has 0 saturated carbocycles. The minimum absolute atomic E-state index is 0.299. The molecule has 2 aromatic rings. The van der Waals surface area contributed by atoms with Gasteiger partial charge >= 0.3 is 0 Å². The van der Waals surface area contributed by atoms with Gasteiger partial charge in [0.1, 0.15) is 17.7 Å². The minimum Gasteiger partial charge on any atom is -0.361 e. The fraction of sp³-hybridized carbons (Fsp3) is 0.333. The number of carbonyl (C=O) groups excluding carboxylic acids is 1. The predicted molar refractivity (Wildman–Crippen MR) is 55.0 cm³/mol. The second-order valence-corrected chi connectivity index (χ2v) is 3.20. The van der Waals surface area contributed by atoms with Crippen molar-refractivity contribution in [3.8, 4) is 0 Å². The van der Waals surface area contributed by atoms with Crippen LogP contribution in [-0.2, 0) is 6.42 Å². The average molecular weight is 221 g/mol. The molecule has 0 spiro atoms. The number of nitrogens with one attached hydrogen (secondary N) is 2. The van der Waals surface area contributed by atoms with Gasteiger partial charge in [-0.25, -0.2) is 5.10 Å². The van der Waals surface area contributed by atoms with Gasteiger partial charge < -0.3 is 4.52 Å². The number of aryl methyl sites for hydroxylation is 2. The van der Waals surface area contributed by atoms with Crippen LogP contribution in [0.5, 0.6) is 0 Å². The minimum atomic E-state index is -0.299. The summed E-state index contributed by atoms with van der Waals surface area (Å²) in [7, 11) is 0. The Kier molecular flexibility index (Phi) is 2.67. The maximum Gasteiger partial charge on any atom is 0.263 e. The summed E-state index contributed by atoms with van der Waals surface area (Å²) >= 11 is 0. The molecule has 0 fully saturated rings. The van der Waals surface area contributed by atoms with E-state index in [9.17, 15) is 4.79 Å². The van der Waals surface area contributed by atoms with Crippen molar-refractivity contribution in [2.45, 2.75) is 20.3 Å². The van der Waals surface area contributed by atoms with E-state index in [1.807, 2.05) is 6.92 Å². The van der Waals surface area contributed by atoms with Crippen LogP contribution in [0.25, 0.3) is 0 Å². The molecule has 2 heterocycles. The van der Waals surface area contributed by atoms with E-state index in [-0.39, 0.29) is 5.91 Å². The van der Waals surface area contributed by atoms with Crippen LogP contribution >= 0.6 is 0 Å². The zero-order valence-electron chi connectivity index (χ0n) is 8.94. The van der Waals surface area contributed by atoms with Crippen molar-refractivity contribution >= 4 is 11.9 Å². The molecule has 0 aliphatic rings. The second kappa shape index (κ2) is 4.13. The number of rotatable bonds is 3. The first-order valence-electron chi connectivity index (χ1n) is 4.84. The first-order valence-corrected chi connectivity index (χ1v) is 4.84. The number of hydrogen-bond acceptors (Lipinski definition) is 5. The zero-order chi connectivity index (χ0) is 11.5. The van der Waals surface area contributed by atoms with E-state index in [2.05, 4.69) is 25.7 Å². The van der Waals surface area contributed by atoms with E-state index < -0.39 is 0 Å². The van der Waals surface area contributed by atoms with Crippen LogP contribution in [0.2, 0.25) is 0 Å². The summed E-state index contributed by atoms with van der Waals surface area (Å²) in [5.41, 5.74) is 1.09. The fourth-order valence-corrected chi connectivity index (χ4v) is 1.39. The number of aromatic nitrogens is 4. The lowest BCUT2D eigenvalue weighted by atomic mass is 10.1. The Hall–Kier alpha value is -2.18. The third kappa shape index (κ3) is 1.79. The zero-order valence-corrected chi connectivity index (χ0v) is 8.94. The Morgan fingerprint density at radius 2 is 2.44 bits per heavy atom. The molecule has 0 aliphatic carbocycles. The van der Waals surface area contributed by atoms with E-state index >= 15 is 0 Å². The molecule has 0 aliphatic heterocycles. The van der Waals surface area contributed by atoms with Gasteiger partial charge in [-0.1, -0.05) is 12.1 Å². The number of anilines is 1. The number of H-pyrrole nitrogens is 1. The summed E-state index contributed by atoms with van der Waals surface area (Å²) in [6, 6.07) is 0. The number of amides is 1. The van der Waals surface area contributed by atoms with E-state index in [4.69, 9.17) is 4.52 Å². The number of hydrogen-bond donors (Lipinski definition) is 2. The maximum absolute atomic E-state index is 11.9. The molecule has 7 nitrogen and oxygen atoms in total. The number of nitrogens with zero attached hydrogens (tertiary/aromatic N) is 3. The van der Waals surface area contributed by atoms with Crippen molar-refractivity contribution in [3.63, 3.8) is 0 Å². The molecule has 1 amide bonds. The Bertz CT molecular complexity index is 488. The highest BCUT2D eigenvalue weighted by molar-refractivity contribution is 6.04. The lowest BCUT2D eigenvalue weighted by Crippen LogP contribution is -2.15. The van der Waals surface area contributed by atoms with Crippen LogP contribution in [-0.4, -0.2) is 26.2 Å². The van der Waals surface area contributed by atoms with Crippen molar-refractivity contribution in [1.29, 1.82) is 0 Å². The van der Waals surface area contributed by atoms with Gasteiger partial charge in [-0.3, -0.25) is 10.1 Å². The van der Waals surface area contributed by atoms with E-state index in [1.54, 1.807) is 6.92 Å². The van der Waals surface area contributed by atoms with Crippen LogP contribution in [0.3, 0.4) is 0 Å².